The molecule has 0 fully saturated rings. The number of benzene rings is 3. The normalized spacial score (nSPS) is 11.1. The predicted octanol–water partition coefficient (Wildman–Crippen LogP) is 4.55. The minimum atomic E-state index is -1.30. The number of nitrogens with two attached hydrogens (primary N) is 1. The second kappa shape index (κ2) is 8.32. The molecule has 0 spiro atoms. The predicted molar refractivity (Wildman–Crippen MR) is 129 cm³/mol. The molecule has 5 aromatic rings. The highest BCUT2D eigenvalue weighted by Gasteiger charge is 2.20. The lowest BCUT2D eigenvalue weighted by Gasteiger charge is -2.08. The first-order valence-corrected chi connectivity index (χ1v) is 10.7. The van der Waals surface area contributed by atoms with Crippen LogP contribution in [0.1, 0.15) is 22.8 Å². The van der Waals surface area contributed by atoms with Crippen LogP contribution in [-0.4, -0.2) is 26.1 Å². The zero-order valence-corrected chi connectivity index (χ0v) is 18.2. The summed E-state index contributed by atoms with van der Waals surface area (Å²) >= 11 is 0. The van der Waals surface area contributed by atoms with E-state index in [9.17, 15) is 14.7 Å². The van der Waals surface area contributed by atoms with Gasteiger partial charge in [0.2, 0.25) is 0 Å². The van der Waals surface area contributed by atoms with Crippen LogP contribution in [0.15, 0.2) is 82.1 Å². The van der Waals surface area contributed by atoms with Crippen LogP contribution in [0, 0.1) is 0 Å². The summed E-state index contributed by atoms with van der Waals surface area (Å²) in [5.41, 5.74) is 10.4. The summed E-state index contributed by atoms with van der Waals surface area (Å²) in [5, 5.41) is 18.5. The average molecular weight is 452 g/mol. The van der Waals surface area contributed by atoms with Gasteiger partial charge in [0.25, 0.3) is 0 Å². The molecule has 2 heterocycles. The molecule has 5 rings (SSSR count). The minimum Gasteiger partial charge on any atom is -0.477 e. The summed E-state index contributed by atoms with van der Waals surface area (Å²) in [5.74, 6) is -1.30. The van der Waals surface area contributed by atoms with Crippen molar-refractivity contribution >= 4 is 22.6 Å². The highest BCUT2D eigenvalue weighted by molar-refractivity contribution is 5.95. The van der Waals surface area contributed by atoms with Crippen molar-refractivity contribution in [3.8, 4) is 28.1 Å². The van der Waals surface area contributed by atoms with Crippen molar-refractivity contribution in [2.75, 3.05) is 5.73 Å². The van der Waals surface area contributed by atoms with E-state index in [2.05, 4.69) is 10.3 Å². The Morgan fingerprint density at radius 1 is 1.00 bits per heavy atom. The molecule has 168 valence electrons. The van der Waals surface area contributed by atoms with Crippen molar-refractivity contribution in [1.82, 2.24) is 15.0 Å². The number of anilines is 1. The number of carbonyl (C=O) groups is 1. The van der Waals surface area contributed by atoms with Crippen LogP contribution in [0.25, 0.3) is 39.0 Å². The second-order valence-electron chi connectivity index (χ2n) is 7.83. The number of aromatic nitrogens is 3. The largest absolute Gasteiger partial charge is 0.477 e. The van der Waals surface area contributed by atoms with E-state index in [1.807, 2.05) is 48.5 Å². The Balaban J connectivity index is 1.50. The van der Waals surface area contributed by atoms with Crippen LogP contribution >= 0.6 is 0 Å². The Hall–Kier alpha value is -4.72. The van der Waals surface area contributed by atoms with E-state index in [-0.39, 0.29) is 5.56 Å². The fourth-order valence-electron chi connectivity index (χ4n) is 4.01. The van der Waals surface area contributed by atoms with Crippen LogP contribution in [0.4, 0.5) is 5.69 Å². The van der Waals surface area contributed by atoms with Crippen LogP contribution < -0.4 is 11.4 Å². The zero-order chi connectivity index (χ0) is 23.8. The molecule has 0 atom stereocenters. The van der Waals surface area contributed by atoms with Gasteiger partial charge in [-0.2, -0.15) is 0 Å². The summed E-state index contributed by atoms with van der Waals surface area (Å²) in [6.45, 7) is 1.80. The number of nitrogen functional groups attached to an aromatic ring is 1. The van der Waals surface area contributed by atoms with Crippen molar-refractivity contribution in [1.29, 1.82) is 0 Å². The summed E-state index contributed by atoms with van der Waals surface area (Å²) in [7, 11) is 0. The maximum Gasteiger partial charge on any atom is 0.351 e. The molecular weight excluding hydrogens is 432 g/mol. The minimum absolute atomic E-state index is 0.328. The van der Waals surface area contributed by atoms with Crippen molar-refractivity contribution in [2.24, 2.45) is 0 Å². The van der Waals surface area contributed by atoms with Crippen molar-refractivity contribution in [3.63, 3.8) is 0 Å². The second-order valence-corrected chi connectivity index (χ2v) is 7.83. The summed E-state index contributed by atoms with van der Waals surface area (Å²) in [6.07, 6.45) is 2.17. The number of hydrogen-bond donors (Lipinski definition) is 2. The van der Waals surface area contributed by atoms with E-state index in [0.29, 0.717) is 34.3 Å². The average Bonchev–Trinajstić information content (AvgIpc) is 3.33. The lowest BCUT2D eigenvalue weighted by molar-refractivity contribution is 0.0691. The zero-order valence-electron chi connectivity index (χ0n) is 18.2. The Morgan fingerprint density at radius 2 is 1.65 bits per heavy atom. The van der Waals surface area contributed by atoms with Crippen molar-refractivity contribution < 1.29 is 14.3 Å². The number of hydrogen-bond acceptors (Lipinski definition) is 6. The fourth-order valence-corrected chi connectivity index (χ4v) is 4.01. The van der Waals surface area contributed by atoms with Gasteiger partial charge in [-0.1, -0.05) is 48.5 Å². The van der Waals surface area contributed by atoms with Crippen LogP contribution in [0.3, 0.4) is 0 Å². The first-order chi connectivity index (χ1) is 16.4. The van der Waals surface area contributed by atoms with Crippen LogP contribution in [0.2, 0.25) is 0 Å². The Labute approximate surface area is 193 Å². The van der Waals surface area contributed by atoms with Crippen LogP contribution in [-0.2, 0) is 6.42 Å². The summed E-state index contributed by atoms with van der Waals surface area (Å²) < 4.78 is 6.83. The number of nitrogens with zero attached hydrogens (tertiary/aromatic N) is 3. The number of aromatic carboxylic acids is 1. The number of carboxylic acid groups (broad SMARTS) is 1. The van der Waals surface area contributed by atoms with E-state index in [1.54, 1.807) is 36.0 Å². The van der Waals surface area contributed by atoms with Gasteiger partial charge in [0.05, 0.1) is 11.9 Å². The molecule has 0 saturated heterocycles. The number of fused-ring (bicyclic) bond motifs is 1. The van der Waals surface area contributed by atoms with Gasteiger partial charge in [-0.25, -0.2) is 14.3 Å². The molecule has 0 saturated carbocycles. The smallest absolute Gasteiger partial charge is 0.351 e. The molecule has 0 aliphatic heterocycles. The standard InChI is InChI=1S/C26H20N4O4/c1-2-20-21-13-19(11-12-23(21)34-26(33)24(20)25(31)32)30-14-22(28-29-30)17-5-3-15(4-6-17)16-7-9-18(27)10-8-16/h3-14H,2,27H2,1H3,(H,31,32). The Kier molecular flexibility index (Phi) is 5.18. The molecule has 0 radical (unpaired) electrons. The molecule has 8 nitrogen and oxygen atoms in total. The third kappa shape index (κ3) is 3.71. The van der Waals surface area contributed by atoms with Gasteiger partial charge >= 0.3 is 11.6 Å². The van der Waals surface area contributed by atoms with Crippen molar-refractivity contribution in [3.05, 3.63) is 94.5 Å². The summed E-state index contributed by atoms with van der Waals surface area (Å²) in [4.78, 5) is 23.7. The third-order valence-electron chi connectivity index (χ3n) is 5.75. The third-order valence-corrected chi connectivity index (χ3v) is 5.75. The molecule has 2 aromatic heterocycles. The highest BCUT2D eigenvalue weighted by Crippen LogP contribution is 2.27. The summed E-state index contributed by atoms with van der Waals surface area (Å²) in [6, 6.07) is 20.8. The number of carboxylic acids is 1. The Bertz CT molecular complexity index is 1580. The number of rotatable bonds is 5. The van der Waals surface area contributed by atoms with E-state index in [4.69, 9.17) is 10.2 Å². The van der Waals surface area contributed by atoms with E-state index >= 15 is 0 Å². The maximum atomic E-state index is 12.1. The van der Waals surface area contributed by atoms with Gasteiger partial charge < -0.3 is 15.3 Å². The molecule has 3 aromatic carbocycles. The van der Waals surface area contributed by atoms with E-state index in [0.717, 1.165) is 22.4 Å². The van der Waals surface area contributed by atoms with Gasteiger partial charge in [-0.3, -0.25) is 0 Å². The van der Waals surface area contributed by atoms with Gasteiger partial charge in [-0.15, -0.1) is 5.10 Å². The molecule has 34 heavy (non-hydrogen) atoms. The first-order valence-electron chi connectivity index (χ1n) is 10.7. The molecule has 0 aliphatic carbocycles. The number of aryl methyl sites for hydroxylation is 1. The molecule has 0 bridgehead atoms. The van der Waals surface area contributed by atoms with Gasteiger partial charge in [0.1, 0.15) is 16.8 Å². The Morgan fingerprint density at radius 3 is 2.29 bits per heavy atom. The first kappa shape index (κ1) is 21.1. The lowest BCUT2D eigenvalue weighted by atomic mass is 10.0. The SMILES string of the molecule is CCc1c(C(=O)O)c(=O)oc2ccc(-n3cc(-c4ccc(-c5ccc(N)cc5)cc4)nn3)cc12. The van der Waals surface area contributed by atoms with E-state index in [1.165, 1.54) is 0 Å². The van der Waals surface area contributed by atoms with E-state index < -0.39 is 11.6 Å². The van der Waals surface area contributed by atoms with Gasteiger partial charge in [-0.05, 0) is 53.4 Å². The van der Waals surface area contributed by atoms with Gasteiger partial charge in [0, 0.05) is 16.6 Å². The maximum absolute atomic E-state index is 12.1. The molecule has 0 aliphatic rings. The molecule has 8 heteroatoms. The molecule has 0 amide bonds. The van der Waals surface area contributed by atoms with Crippen LogP contribution in [0.5, 0.6) is 0 Å². The quantitative estimate of drug-likeness (QED) is 0.296. The molecular formula is C26H20N4O4. The topological polar surface area (TPSA) is 124 Å². The lowest BCUT2D eigenvalue weighted by Crippen LogP contribution is -2.17. The fraction of sp³-hybridized carbons (Fsp3) is 0.0769. The monoisotopic (exact) mass is 452 g/mol. The molecule has 3 N–H and O–H groups in total. The van der Waals surface area contributed by atoms with Gasteiger partial charge in [0.15, 0.2) is 0 Å². The highest BCUT2D eigenvalue weighted by atomic mass is 16.4. The molecule has 0 unspecified atom stereocenters. The van der Waals surface area contributed by atoms with Crippen molar-refractivity contribution in [2.45, 2.75) is 13.3 Å².